The van der Waals surface area contributed by atoms with Crippen LogP contribution in [-0.4, -0.2) is 16.8 Å². The van der Waals surface area contributed by atoms with Crippen molar-refractivity contribution >= 4 is 0 Å². The van der Waals surface area contributed by atoms with Crippen LogP contribution in [0.25, 0.3) is 0 Å². The quantitative estimate of drug-likeness (QED) is 0.668. The first-order valence-corrected chi connectivity index (χ1v) is 6.95. The van der Waals surface area contributed by atoms with Crippen LogP contribution in [0, 0.1) is 6.92 Å². The number of hydrogen-bond donors (Lipinski definition) is 1. The van der Waals surface area contributed by atoms with E-state index in [9.17, 15) is 0 Å². The summed E-state index contributed by atoms with van der Waals surface area (Å²) in [5.41, 5.74) is 2.63. The molecule has 0 saturated heterocycles. The molecular weight excluding hydrogens is 210 g/mol. The number of rotatable bonds is 9. The van der Waals surface area contributed by atoms with E-state index in [0.29, 0.717) is 0 Å². The maximum Gasteiger partial charge on any atom is 0.0537 e. The van der Waals surface area contributed by atoms with Crippen LogP contribution in [0.1, 0.15) is 56.7 Å². The van der Waals surface area contributed by atoms with Gasteiger partial charge in [-0.1, -0.05) is 39.0 Å². The van der Waals surface area contributed by atoms with Crippen LogP contribution in [0.5, 0.6) is 0 Å². The zero-order valence-corrected chi connectivity index (χ0v) is 11.6. The first-order valence-electron chi connectivity index (χ1n) is 6.95. The van der Waals surface area contributed by atoms with Gasteiger partial charge in [-0.05, 0) is 20.4 Å². The van der Waals surface area contributed by atoms with Crippen LogP contribution in [0.4, 0.5) is 0 Å². The summed E-state index contributed by atoms with van der Waals surface area (Å²) >= 11 is 0. The highest BCUT2D eigenvalue weighted by atomic mass is 15.3. The minimum absolute atomic E-state index is 0.919. The molecule has 1 rings (SSSR count). The molecule has 0 unspecified atom stereocenters. The van der Waals surface area contributed by atoms with Crippen LogP contribution >= 0.6 is 0 Å². The molecule has 0 atom stereocenters. The van der Waals surface area contributed by atoms with Gasteiger partial charge in [0.05, 0.1) is 6.20 Å². The van der Waals surface area contributed by atoms with Gasteiger partial charge in [-0.25, -0.2) is 0 Å². The van der Waals surface area contributed by atoms with Gasteiger partial charge in [0, 0.05) is 24.3 Å². The number of aryl methyl sites for hydroxylation is 1. The molecule has 0 aliphatic carbocycles. The van der Waals surface area contributed by atoms with Crippen molar-refractivity contribution in [3.63, 3.8) is 0 Å². The van der Waals surface area contributed by atoms with Crippen molar-refractivity contribution in [1.29, 1.82) is 0 Å². The minimum atomic E-state index is 0.919. The molecule has 0 bridgehead atoms. The van der Waals surface area contributed by atoms with E-state index in [1.54, 1.807) is 0 Å². The van der Waals surface area contributed by atoms with Gasteiger partial charge in [-0.15, -0.1) is 0 Å². The summed E-state index contributed by atoms with van der Waals surface area (Å²) in [5, 5.41) is 7.62. The Bertz CT molecular complexity index is 304. The van der Waals surface area contributed by atoms with Crippen molar-refractivity contribution in [1.82, 2.24) is 15.1 Å². The summed E-state index contributed by atoms with van der Waals surface area (Å²) in [7, 11) is 1.98. The molecule has 3 nitrogen and oxygen atoms in total. The smallest absolute Gasteiger partial charge is 0.0537 e. The van der Waals surface area contributed by atoms with Gasteiger partial charge < -0.3 is 5.32 Å². The largest absolute Gasteiger partial charge is 0.316 e. The predicted molar refractivity (Wildman–Crippen MR) is 73.1 cm³/mol. The van der Waals surface area contributed by atoms with E-state index in [4.69, 9.17) is 0 Å². The molecular formula is C14H27N3. The van der Waals surface area contributed by atoms with Gasteiger partial charge in [-0.2, -0.15) is 5.10 Å². The van der Waals surface area contributed by atoms with Crippen LogP contribution in [0.15, 0.2) is 6.20 Å². The highest BCUT2D eigenvalue weighted by molar-refractivity contribution is 5.15. The normalized spacial score (nSPS) is 11.0. The second-order valence-electron chi connectivity index (χ2n) is 4.78. The van der Waals surface area contributed by atoms with Crippen molar-refractivity contribution < 1.29 is 0 Å². The number of aromatic nitrogens is 2. The molecule has 1 aromatic heterocycles. The maximum absolute atomic E-state index is 4.44. The first-order chi connectivity index (χ1) is 8.29. The maximum atomic E-state index is 4.44. The van der Waals surface area contributed by atoms with Crippen LogP contribution in [0.3, 0.4) is 0 Å². The van der Waals surface area contributed by atoms with Gasteiger partial charge >= 0.3 is 0 Å². The number of hydrogen-bond acceptors (Lipinski definition) is 2. The molecule has 0 fully saturated rings. The SMILES string of the molecule is CCCCCCCCn1ncc(CNC)c1C. The fourth-order valence-corrected chi connectivity index (χ4v) is 2.12. The van der Waals surface area contributed by atoms with E-state index in [1.807, 2.05) is 13.2 Å². The molecule has 1 aromatic rings. The third-order valence-corrected chi connectivity index (χ3v) is 3.30. The Kier molecular flexibility index (Phi) is 6.94. The number of nitrogens with one attached hydrogen (secondary N) is 1. The highest BCUT2D eigenvalue weighted by Gasteiger charge is 2.04. The molecule has 1 heterocycles. The van der Waals surface area contributed by atoms with E-state index in [0.717, 1.165) is 13.1 Å². The molecule has 0 radical (unpaired) electrons. The molecule has 3 heteroatoms. The lowest BCUT2D eigenvalue weighted by Gasteiger charge is -2.05. The Morgan fingerprint density at radius 2 is 1.88 bits per heavy atom. The lowest BCUT2D eigenvalue weighted by Crippen LogP contribution is -2.07. The summed E-state index contributed by atoms with van der Waals surface area (Å²) in [5.74, 6) is 0. The second kappa shape index (κ2) is 8.29. The van der Waals surface area contributed by atoms with Crippen molar-refractivity contribution in [2.24, 2.45) is 0 Å². The number of unbranched alkanes of at least 4 members (excludes halogenated alkanes) is 5. The Hall–Kier alpha value is -0.830. The Labute approximate surface area is 106 Å². The monoisotopic (exact) mass is 237 g/mol. The lowest BCUT2D eigenvalue weighted by atomic mass is 10.1. The standard InChI is InChI=1S/C14H27N3/c1-4-5-6-7-8-9-10-17-13(2)14(11-15-3)12-16-17/h12,15H,4-11H2,1-3H3. The average molecular weight is 237 g/mol. The van der Waals surface area contributed by atoms with Gasteiger partial charge in [0.2, 0.25) is 0 Å². The van der Waals surface area contributed by atoms with Crippen molar-refractivity contribution in [2.45, 2.75) is 65.5 Å². The fourth-order valence-electron chi connectivity index (χ4n) is 2.12. The third-order valence-electron chi connectivity index (χ3n) is 3.30. The van der Waals surface area contributed by atoms with Gasteiger partial charge in [-0.3, -0.25) is 4.68 Å². The van der Waals surface area contributed by atoms with E-state index < -0.39 is 0 Å². The third kappa shape index (κ3) is 4.90. The van der Waals surface area contributed by atoms with Gasteiger partial charge in [0.15, 0.2) is 0 Å². The Morgan fingerprint density at radius 3 is 2.59 bits per heavy atom. The Balaban J connectivity index is 2.22. The van der Waals surface area contributed by atoms with E-state index >= 15 is 0 Å². The topological polar surface area (TPSA) is 29.9 Å². The molecule has 0 amide bonds. The summed E-state index contributed by atoms with van der Waals surface area (Å²) < 4.78 is 2.15. The van der Waals surface area contributed by atoms with E-state index in [-0.39, 0.29) is 0 Å². The highest BCUT2D eigenvalue weighted by Crippen LogP contribution is 2.10. The van der Waals surface area contributed by atoms with Gasteiger partial charge in [0.1, 0.15) is 0 Å². The molecule has 0 aliphatic rings. The molecule has 0 aromatic carbocycles. The molecule has 0 saturated carbocycles. The first kappa shape index (κ1) is 14.2. The average Bonchev–Trinajstić information content (AvgIpc) is 2.67. The van der Waals surface area contributed by atoms with Crippen LogP contribution < -0.4 is 5.32 Å². The second-order valence-corrected chi connectivity index (χ2v) is 4.78. The summed E-state index contributed by atoms with van der Waals surface area (Å²) in [6, 6.07) is 0. The lowest BCUT2D eigenvalue weighted by molar-refractivity contribution is 0.519. The van der Waals surface area contributed by atoms with Crippen molar-refractivity contribution in [2.75, 3.05) is 7.05 Å². The molecule has 0 aliphatic heterocycles. The van der Waals surface area contributed by atoms with E-state index in [1.165, 1.54) is 49.8 Å². The van der Waals surface area contributed by atoms with Crippen LogP contribution in [-0.2, 0) is 13.1 Å². The minimum Gasteiger partial charge on any atom is -0.316 e. The zero-order chi connectivity index (χ0) is 12.5. The van der Waals surface area contributed by atoms with Crippen molar-refractivity contribution in [3.8, 4) is 0 Å². The molecule has 17 heavy (non-hydrogen) atoms. The fraction of sp³-hybridized carbons (Fsp3) is 0.786. The Morgan fingerprint density at radius 1 is 1.18 bits per heavy atom. The molecule has 98 valence electrons. The zero-order valence-electron chi connectivity index (χ0n) is 11.6. The van der Waals surface area contributed by atoms with Crippen molar-refractivity contribution in [3.05, 3.63) is 17.5 Å². The summed E-state index contributed by atoms with van der Waals surface area (Å²) in [4.78, 5) is 0. The van der Waals surface area contributed by atoms with Crippen LogP contribution in [0.2, 0.25) is 0 Å². The predicted octanol–water partition coefficient (Wildman–Crippen LogP) is 3.27. The van der Waals surface area contributed by atoms with E-state index in [2.05, 4.69) is 28.9 Å². The van der Waals surface area contributed by atoms with Gasteiger partial charge in [0.25, 0.3) is 0 Å². The summed E-state index contributed by atoms with van der Waals surface area (Å²) in [6.45, 7) is 6.41. The molecule has 0 spiro atoms. The summed E-state index contributed by atoms with van der Waals surface area (Å²) in [6.07, 6.45) is 10.0. The number of nitrogens with zero attached hydrogens (tertiary/aromatic N) is 2. The molecule has 1 N–H and O–H groups in total.